The molecular weight excluding hydrogens is 278 g/mol. The average Bonchev–Trinajstić information content (AvgIpc) is 2.33. The molecule has 4 N–H and O–H groups in total. The van der Waals surface area contributed by atoms with Crippen LogP contribution < -0.4 is 5.73 Å². The maximum atomic E-state index is 10.7. The van der Waals surface area contributed by atoms with Crippen molar-refractivity contribution in [1.29, 1.82) is 0 Å². The van der Waals surface area contributed by atoms with Crippen LogP contribution in [0.2, 0.25) is 0 Å². The van der Waals surface area contributed by atoms with Crippen molar-refractivity contribution in [3.05, 3.63) is 29.3 Å². The highest BCUT2D eigenvalue weighted by atomic mass is 16.4. The number of phenols is 1. The zero-order chi connectivity index (χ0) is 17.1. The lowest BCUT2D eigenvalue weighted by atomic mass is 9.72. The Morgan fingerprint density at radius 1 is 1.23 bits per heavy atom. The Labute approximate surface area is 133 Å². The van der Waals surface area contributed by atoms with Crippen LogP contribution in [0, 0.1) is 5.41 Å². The smallest absolute Gasteiger partial charge is 0.303 e. The summed E-state index contributed by atoms with van der Waals surface area (Å²) < 4.78 is 0. The fourth-order valence-electron chi connectivity index (χ4n) is 3.13. The van der Waals surface area contributed by atoms with Crippen molar-refractivity contribution in [2.45, 2.75) is 65.3 Å². The van der Waals surface area contributed by atoms with Gasteiger partial charge in [-0.25, -0.2) is 0 Å². The first-order valence-corrected chi connectivity index (χ1v) is 7.73. The maximum Gasteiger partial charge on any atom is 0.303 e. The lowest BCUT2D eigenvalue weighted by Gasteiger charge is -2.33. The van der Waals surface area contributed by atoms with Crippen molar-refractivity contribution in [2.24, 2.45) is 11.1 Å². The minimum absolute atomic E-state index is 0.00375. The van der Waals surface area contributed by atoms with Gasteiger partial charge >= 0.3 is 5.97 Å². The van der Waals surface area contributed by atoms with Crippen LogP contribution >= 0.6 is 0 Å². The Morgan fingerprint density at radius 3 is 2.32 bits per heavy atom. The average molecular weight is 307 g/mol. The van der Waals surface area contributed by atoms with Crippen LogP contribution in [0.3, 0.4) is 0 Å². The van der Waals surface area contributed by atoms with Gasteiger partial charge in [-0.1, -0.05) is 46.8 Å². The Bertz CT molecular complexity index is 530. The third-order valence-corrected chi connectivity index (χ3v) is 3.85. The standard InChI is InChI=1S/C18H29NO3/c1-17(2,3)11-18(4,5)12-6-8-15(20)13(10-12)14(19)7-9-16(21)22/h6,8,10,14,20H,7,9,11,19H2,1-5H3,(H,21,22). The molecule has 124 valence electrons. The molecule has 0 bridgehead atoms. The van der Waals surface area contributed by atoms with E-state index in [-0.39, 0.29) is 23.0 Å². The third-order valence-electron chi connectivity index (χ3n) is 3.85. The van der Waals surface area contributed by atoms with Gasteiger partial charge < -0.3 is 15.9 Å². The zero-order valence-corrected chi connectivity index (χ0v) is 14.3. The van der Waals surface area contributed by atoms with E-state index >= 15 is 0 Å². The highest BCUT2D eigenvalue weighted by molar-refractivity contribution is 5.66. The summed E-state index contributed by atoms with van der Waals surface area (Å²) in [4.78, 5) is 10.7. The number of carboxylic acids is 1. The number of rotatable bonds is 6. The fourth-order valence-corrected chi connectivity index (χ4v) is 3.13. The molecule has 1 aromatic carbocycles. The van der Waals surface area contributed by atoms with Gasteiger partial charge in [0, 0.05) is 18.0 Å². The molecule has 0 saturated carbocycles. The highest BCUT2D eigenvalue weighted by Crippen LogP contribution is 2.38. The number of aliphatic carboxylic acids is 1. The van der Waals surface area contributed by atoms with Crippen molar-refractivity contribution >= 4 is 5.97 Å². The molecule has 0 aliphatic rings. The van der Waals surface area contributed by atoms with Gasteiger partial charge in [-0.2, -0.15) is 0 Å². The van der Waals surface area contributed by atoms with Crippen LogP contribution in [0.25, 0.3) is 0 Å². The first kappa shape index (κ1) is 18.5. The molecule has 0 amide bonds. The molecule has 4 heteroatoms. The van der Waals surface area contributed by atoms with E-state index in [9.17, 15) is 9.90 Å². The quantitative estimate of drug-likeness (QED) is 0.742. The molecule has 0 heterocycles. The molecule has 0 fully saturated rings. The molecule has 1 aromatic rings. The Kier molecular flexibility index (Phi) is 5.63. The second-order valence-corrected chi connectivity index (χ2v) is 7.93. The lowest BCUT2D eigenvalue weighted by Crippen LogP contribution is -2.25. The normalized spacial score (nSPS) is 13.9. The SMILES string of the molecule is CC(C)(C)CC(C)(C)c1ccc(O)c(C(N)CCC(=O)O)c1. The molecule has 0 spiro atoms. The van der Waals surface area contributed by atoms with E-state index < -0.39 is 12.0 Å². The topological polar surface area (TPSA) is 83.5 Å². The van der Waals surface area contributed by atoms with Crippen LogP contribution in [0.5, 0.6) is 5.75 Å². The van der Waals surface area contributed by atoms with Gasteiger partial charge in [0.15, 0.2) is 0 Å². The number of carbonyl (C=O) groups is 1. The van der Waals surface area contributed by atoms with E-state index in [2.05, 4.69) is 34.6 Å². The van der Waals surface area contributed by atoms with Gasteiger partial charge in [-0.3, -0.25) is 4.79 Å². The van der Waals surface area contributed by atoms with Crippen molar-refractivity contribution in [1.82, 2.24) is 0 Å². The Morgan fingerprint density at radius 2 is 1.82 bits per heavy atom. The van der Waals surface area contributed by atoms with Gasteiger partial charge in [0.05, 0.1) is 0 Å². The van der Waals surface area contributed by atoms with Crippen LogP contribution in [0.1, 0.15) is 71.0 Å². The molecule has 1 atom stereocenters. The van der Waals surface area contributed by atoms with Crippen molar-refractivity contribution in [3.8, 4) is 5.75 Å². The van der Waals surface area contributed by atoms with Gasteiger partial charge in [0.25, 0.3) is 0 Å². The van der Waals surface area contributed by atoms with E-state index in [0.29, 0.717) is 12.0 Å². The number of phenolic OH excluding ortho intramolecular Hbond substituents is 1. The van der Waals surface area contributed by atoms with Gasteiger partial charge in [-0.15, -0.1) is 0 Å². The summed E-state index contributed by atoms with van der Waals surface area (Å²) in [6.45, 7) is 11.0. The van der Waals surface area contributed by atoms with Gasteiger partial charge in [0.2, 0.25) is 0 Å². The molecular formula is C18H29NO3. The molecule has 1 unspecified atom stereocenters. The zero-order valence-electron chi connectivity index (χ0n) is 14.3. The predicted molar refractivity (Wildman–Crippen MR) is 89.0 cm³/mol. The monoisotopic (exact) mass is 307 g/mol. The van der Waals surface area contributed by atoms with Crippen LogP contribution in [-0.4, -0.2) is 16.2 Å². The lowest BCUT2D eigenvalue weighted by molar-refractivity contribution is -0.137. The highest BCUT2D eigenvalue weighted by Gasteiger charge is 2.28. The van der Waals surface area contributed by atoms with Crippen LogP contribution in [0.15, 0.2) is 18.2 Å². The van der Waals surface area contributed by atoms with Crippen LogP contribution in [-0.2, 0) is 10.2 Å². The van der Waals surface area contributed by atoms with Gasteiger partial charge in [-0.05, 0) is 35.3 Å². The fraction of sp³-hybridized carbons (Fsp3) is 0.611. The molecule has 0 aliphatic carbocycles. The molecule has 0 aromatic heterocycles. The molecule has 0 saturated heterocycles. The number of nitrogens with two attached hydrogens (primary N) is 1. The van der Waals surface area contributed by atoms with E-state index in [1.54, 1.807) is 6.07 Å². The van der Waals surface area contributed by atoms with E-state index in [0.717, 1.165) is 12.0 Å². The summed E-state index contributed by atoms with van der Waals surface area (Å²) in [5.41, 5.74) is 7.94. The summed E-state index contributed by atoms with van der Waals surface area (Å²) in [7, 11) is 0. The first-order valence-electron chi connectivity index (χ1n) is 7.73. The minimum Gasteiger partial charge on any atom is -0.508 e. The summed E-state index contributed by atoms with van der Waals surface area (Å²) in [6, 6.07) is 5.04. The molecule has 0 aliphatic heterocycles. The van der Waals surface area contributed by atoms with Gasteiger partial charge in [0.1, 0.15) is 5.75 Å². The summed E-state index contributed by atoms with van der Waals surface area (Å²) in [5, 5.41) is 18.8. The first-order chi connectivity index (χ1) is 9.92. The maximum absolute atomic E-state index is 10.7. The Balaban J connectivity index is 3.05. The molecule has 1 rings (SSSR count). The second kappa shape index (κ2) is 6.69. The van der Waals surface area contributed by atoms with Crippen molar-refractivity contribution in [2.75, 3.05) is 0 Å². The predicted octanol–water partition coefficient (Wildman–Crippen LogP) is 3.97. The van der Waals surface area contributed by atoms with E-state index in [1.807, 2.05) is 12.1 Å². The second-order valence-electron chi connectivity index (χ2n) is 7.93. The molecule has 0 radical (unpaired) electrons. The van der Waals surface area contributed by atoms with Crippen molar-refractivity contribution in [3.63, 3.8) is 0 Å². The number of hydrogen-bond acceptors (Lipinski definition) is 3. The van der Waals surface area contributed by atoms with Crippen LogP contribution in [0.4, 0.5) is 0 Å². The van der Waals surface area contributed by atoms with E-state index in [4.69, 9.17) is 10.8 Å². The minimum atomic E-state index is -0.876. The van der Waals surface area contributed by atoms with Crippen molar-refractivity contribution < 1.29 is 15.0 Å². The Hall–Kier alpha value is -1.55. The third kappa shape index (κ3) is 5.34. The molecule has 22 heavy (non-hydrogen) atoms. The summed E-state index contributed by atoms with van der Waals surface area (Å²) >= 11 is 0. The largest absolute Gasteiger partial charge is 0.508 e. The number of aromatic hydroxyl groups is 1. The number of hydrogen-bond donors (Lipinski definition) is 3. The number of carboxylic acid groups (broad SMARTS) is 1. The molecule has 4 nitrogen and oxygen atoms in total. The van der Waals surface area contributed by atoms with E-state index in [1.165, 1.54) is 0 Å². The number of benzene rings is 1. The summed E-state index contributed by atoms with van der Waals surface area (Å²) in [6.07, 6.45) is 1.30. The summed E-state index contributed by atoms with van der Waals surface area (Å²) in [5.74, 6) is -0.743.